The molecule has 160 valence electrons. The Balaban J connectivity index is 1.81. The molecule has 9 nitrogen and oxygen atoms in total. The monoisotopic (exact) mass is 438 g/mol. The van der Waals surface area contributed by atoms with E-state index >= 15 is 0 Å². The van der Waals surface area contributed by atoms with Crippen LogP contribution in [0.5, 0.6) is 0 Å². The van der Waals surface area contributed by atoms with Crippen LogP contribution in [0.3, 0.4) is 0 Å². The van der Waals surface area contributed by atoms with Crippen molar-refractivity contribution in [2.45, 2.75) is 0 Å². The molecular weight excluding hydrogens is 426 g/mol. The zero-order valence-corrected chi connectivity index (χ0v) is 16.0. The van der Waals surface area contributed by atoms with Gasteiger partial charge in [0.2, 0.25) is 5.78 Å². The van der Waals surface area contributed by atoms with Crippen molar-refractivity contribution in [2.24, 2.45) is 0 Å². The van der Waals surface area contributed by atoms with Crippen LogP contribution in [0.25, 0.3) is 11.4 Å². The molecule has 0 fully saturated rings. The lowest BCUT2D eigenvalue weighted by atomic mass is 10.2. The number of carbonyl (C=O) groups excluding carboxylic acids is 1. The van der Waals surface area contributed by atoms with Crippen LogP contribution < -0.4 is 0 Å². The summed E-state index contributed by atoms with van der Waals surface area (Å²) in [7, 11) is 0. The van der Waals surface area contributed by atoms with Crippen molar-refractivity contribution in [3.05, 3.63) is 116 Å². The van der Waals surface area contributed by atoms with E-state index in [2.05, 4.69) is 0 Å². The van der Waals surface area contributed by atoms with Crippen molar-refractivity contribution in [1.29, 1.82) is 0 Å². The Kier molecular flexibility index (Phi) is 5.07. The van der Waals surface area contributed by atoms with Crippen molar-refractivity contribution in [1.82, 2.24) is 9.13 Å². The lowest BCUT2D eigenvalue weighted by molar-refractivity contribution is -0.385. The topological polar surface area (TPSA) is 113 Å². The highest BCUT2D eigenvalue weighted by atomic mass is 19.1. The average molecular weight is 438 g/mol. The lowest BCUT2D eigenvalue weighted by Gasteiger charge is -2.12. The fourth-order valence-electron chi connectivity index (χ4n) is 3.28. The molecule has 32 heavy (non-hydrogen) atoms. The van der Waals surface area contributed by atoms with E-state index in [1.165, 1.54) is 36.7 Å². The van der Waals surface area contributed by atoms with E-state index in [0.29, 0.717) is 0 Å². The van der Waals surface area contributed by atoms with Gasteiger partial charge < -0.3 is 9.13 Å². The van der Waals surface area contributed by atoms with E-state index in [-0.39, 0.29) is 34.1 Å². The van der Waals surface area contributed by atoms with Gasteiger partial charge in [-0.25, -0.2) is 8.78 Å². The van der Waals surface area contributed by atoms with Gasteiger partial charge in [-0.3, -0.25) is 25.0 Å². The van der Waals surface area contributed by atoms with Gasteiger partial charge in [0, 0.05) is 36.7 Å². The van der Waals surface area contributed by atoms with Gasteiger partial charge in [0.05, 0.1) is 32.6 Å². The van der Waals surface area contributed by atoms with Gasteiger partial charge in [-0.15, -0.1) is 0 Å². The van der Waals surface area contributed by atoms with Crippen molar-refractivity contribution in [3.8, 4) is 11.4 Å². The number of nitrogens with zero attached hydrogens (tertiary/aromatic N) is 4. The molecule has 0 saturated carbocycles. The van der Waals surface area contributed by atoms with E-state index in [0.717, 1.165) is 45.5 Å². The Hall–Kier alpha value is -4.67. The molecule has 0 amide bonds. The predicted octanol–water partition coefficient (Wildman–Crippen LogP) is 4.59. The molecule has 2 heterocycles. The lowest BCUT2D eigenvalue weighted by Crippen LogP contribution is -2.14. The van der Waals surface area contributed by atoms with Crippen LogP contribution in [0.4, 0.5) is 20.2 Å². The number of halogens is 2. The van der Waals surface area contributed by atoms with E-state index in [9.17, 15) is 33.8 Å². The summed E-state index contributed by atoms with van der Waals surface area (Å²) >= 11 is 0. The number of non-ortho nitro benzene ring substituents is 2. The van der Waals surface area contributed by atoms with Crippen molar-refractivity contribution >= 4 is 17.2 Å². The molecular formula is C21H12F2N4O5. The first-order chi connectivity index (χ1) is 15.3. The third kappa shape index (κ3) is 3.51. The molecule has 11 heteroatoms. The Morgan fingerprint density at radius 3 is 1.50 bits per heavy atom. The van der Waals surface area contributed by atoms with Gasteiger partial charge in [0.15, 0.2) is 0 Å². The Morgan fingerprint density at radius 2 is 1.12 bits per heavy atom. The molecule has 0 atom stereocenters. The molecule has 0 bridgehead atoms. The van der Waals surface area contributed by atoms with Gasteiger partial charge >= 0.3 is 0 Å². The van der Waals surface area contributed by atoms with Crippen molar-refractivity contribution in [3.63, 3.8) is 0 Å². The van der Waals surface area contributed by atoms with E-state index in [4.69, 9.17) is 0 Å². The van der Waals surface area contributed by atoms with Crippen LogP contribution in [-0.2, 0) is 0 Å². The molecule has 4 aromatic rings. The zero-order chi connectivity index (χ0) is 23.0. The summed E-state index contributed by atoms with van der Waals surface area (Å²) in [5.74, 6) is -2.24. The maximum Gasteiger partial charge on any atom is 0.271 e. The summed E-state index contributed by atoms with van der Waals surface area (Å²) in [6.07, 6.45) is 2.72. The van der Waals surface area contributed by atoms with Crippen LogP contribution in [-0.4, -0.2) is 24.8 Å². The number of nitro groups is 2. The fourth-order valence-corrected chi connectivity index (χ4v) is 3.28. The third-order valence-corrected chi connectivity index (χ3v) is 4.76. The normalized spacial score (nSPS) is 10.8. The number of hydrogen-bond donors (Lipinski definition) is 0. The minimum absolute atomic E-state index is 0.0461. The molecule has 0 aliphatic rings. The molecule has 2 aromatic carbocycles. The summed E-state index contributed by atoms with van der Waals surface area (Å²) < 4.78 is 31.1. The molecule has 2 aromatic heterocycles. The number of hydrogen-bond acceptors (Lipinski definition) is 5. The molecule has 0 aliphatic carbocycles. The summed E-state index contributed by atoms with van der Waals surface area (Å²) in [4.78, 5) is 34.0. The molecule has 0 unspecified atom stereocenters. The standard InChI is InChI=1S/C21H12F2N4O5/c22-15-7-5-13(26(29)30)11-19(15)24-9-1-3-17(24)21(28)18-4-2-10-25(18)20-12-14(27(31)32)6-8-16(20)23/h1-12H. The van der Waals surface area contributed by atoms with E-state index in [1.807, 2.05) is 0 Å². The Labute approximate surface area is 178 Å². The Morgan fingerprint density at radius 1 is 0.719 bits per heavy atom. The maximum absolute atomic E-state index is 14.4. The van der Waals surface area contributed by atoms with Crippen LogP contribution in [0.1, 0.15) is 16.2 Å². The van der Waals surface area contributed by atoms with Crippen molar-refractivity contribution in [2.75, 3.05) is 0 Å². The average Bonchev–Trinajstić information content (AvgIpc) is 3.43. The first-order valence-corrected chi connectivity index (χ1v) is 9.06. The SMILES string of the molecule is O=C(c1cccn1-c1cc([N+](=O)[O-])ccc1F)c1cccn1-c1cc([N+](=O)[O-])ccc1F. The highest BCUT2D eigenvalue weighted by Gasteiger charge is 2.23. The van der Waals surface area contributed by atoms with Crippen LogP contribution >= 0.6 is 0 Å². The molecule has 0 saturated heterocycles. The van der Waals surface area contributed by atoms with Gasteiger partial charge in [-0.2, -0.15) is 0 Å². The van der Waals surface area contributed by atoms with Gasteiger partial charge in [-0.05, 0) is 36.4 Å². The number of benzene rings is 2. The minimum atomic E-state index is -0.791. The largest absolute Gasteiger partial charge is 0.311 e. The number of rotatable bonds is 6. The first kappa shape index (κ1) is 20.6. The highest BCUT2D eigenvalue weighted by molar-refractivity contribution is 6.07. The number of aromatic nitrogens is 2. The van der Waals surface area contributed by atoms with E-state index < -0.39 is 27.3 Å². The number of ketones is 1. The third-order valence-electron chi connectivity index (χ3n) is 4.76. The van der Waals surface area contributed by atoms with Crippen LogP contribution in [0.2, 0.25) is 0 Å². The van der Waals surface area contributed by atoms with Gasteiger partial charge in [-0.1, -0.05) is 0 Å². The molecule has 0 N–H and O–H groups in total. The molecule has 4 rings (SSSR count). The Bertz CT molecular complexity index is 1290. The van der Waals surface area contributed by atoms with Gasteiger partial charge in [0.1, 0.15) is 11.6 Å². The molecule has 0 spiro atoms. The van der Waals surface area contributed by atoms with Crippen LogP contribution in [0, 0.1) is 31.9 Å². The molecule has 0 aliphatic heterocycles. The summed E-state index contributed by atoms with van der Waals surface area (Å²) in [5.41, 5.74) is -1.25. The van der Waals surface area contributed by atoms with Crippen molar-refractivity contribution < 1.29 is 23.4 Å². The first-order valence-electron chi connectivity index (χ1n) is 9.06. The fraction of sp³-hybridized carbons (Fsp3) is 0. The van der Waals surface area contributed by atoms with Crippen LogP contribution in [0.15, 0.2) is 73.1 Å². The van der Waals surface area contributed by atoms with Gasteiger partial charge in [0.25, 0.3) is 11.4 Å². The predicted molar refractivity (Wildman–Crippen MR) is 108 cm³/mol. The summed E-state index contributed by atoms with van der Waals surface area (Å²) in [5, 5.41) is 22.1. The smallest absolute Gasteiger partial charge is 0.271 e. The second kappa shape index (κ2) is 7.87. The number of nitro benzene ring substituents is 2. The minimum Gasteiger partial charge on any atom is -0.311 e. The highest BCUT2D eigenvalue weighted by Crippen LogP contribution is 2.26. The zero-order valence-electron chi connectivity index (χ0n) is 16.0. The summed E-state index contributed by atoms with van der Waals surface area (Å²) in [6.45, 7) is 0. The van der Waals surface area contributed by atoms with E-state index in [1.54, 1.807) is 0 Å². The second-order valence-electron chi connectivity index (χ2n) is 6.64. The second-order valence-corrected chi connectivity index (χ2v) is 6.64. The summed E-state index contributed by atoms with van der Waals surface area (Å²) in [6, 6.07) is 11.5. The molecule has 0 radical (unpaired) electrons. The quantitative estimate of drug-likeness (QED) is 0.248. The number of carbonyl (C=O) groups is 1. The maximum atomic E-state index is 14.4.